The van der Waals surface area contributed by atoms with E-state index in [0.717, 1.165) is 4.43 Å². The number of carbonyl (C=O) groups is 2. The summed E-state index contributed by atoms with van der Waals surface area (Å²) in [6.45, 7) is 5.83. The van der Waals surface area contributed by atoms with Crippen LogP contribution in [0.5, 0.6) is 0 Å². The van der Waals surface area contributed by atoms with Crippen LogP contribution in [-0.4, -0.2) is 47.8 Å². The molecule has 0 aliphatic carbocycles. The number of ether oxygens (including phenoxy) is 3. The van der Waals surface area contributed by atoms with Crippen LogP contribution in [-0.2, 0) is 23.8 Å². The molecule has 19 heavy (non-hydrogen) atoms. The Morgan fingerprint density at radius 2 is 1.74 bits per heavy atom. The molecule has 0 aliphatic rings. The van der Waals surface area contributed by atoms with E-state index < -0.39 is 23.1 Å². The highest BCUT2D eigenvalue weighted by Crippen LogP contribution is 2.17. The average Bonchev–Trinajstić information content (AvgIpc) is 2.31. The van der Waals surface area contributed by atoms with Gasteiger partial charge >= 0.3 is 11.9 Å². The molecule has 0 aromatic rings. The van der Waals surface area contributed by atoms with Gasteiger partial charge in [0.25, 0.3) is 0 Å². The second-order valence-corrected chi connectivity index (χ2v) is 6.09. The summed E-state index contributed by atoms with van der Waals surface area (Å²) in [6.07, 6.45) is 0.0191. The molecule has 0 saturated carbocycles. The number of carbonyl (C=O) groups excluding carboxylic acids is 2. The van der Waals surface area contributed by atoms with Crippen molar-refractivity contribution in [2.24, 2.45) is 5.73 Å². The average molecular weight is 387 g/mol. The maximum absolute atomic E-state index is 12.0. The molecule has 6 nitrogen and oxygen atoms in total. The lowest BCUT2D eigenvalue weighted by Crippen LogP contribution is -2.58. The molecule has 0 unspecified atom stereocenters. The van der Waals surface area contributed by atoms with Crippen LogP contribution in [0.4, 0.5) is 0 Å². The molecule has 0 amide bonds. The summed E-state index contributed by atoms with van der Waals surface area (Å²) < 4.78 is 15.8. The van der Waals surface area contributed by atoms with Crippen LogP contribution < -0.4 is 5.73 Å². The Balaban J connectivity index is 4.77. The second kappa shape index (κ2) is 8.01. The van der Waals surface area contributed by atoms with Crippen molar-refractivity contribution in [1.82, 2.24) is 0 Å². The van der Waals surface area contributed by atoms with Crippen molar-refractivity contribution >= 4 is 34.5 Å². The molecule has 112 valence electrons. The lowest BCUT2D eigenvalue weighted by molar-refractivity contribution is -0.171. The number of methoxy groups -OCH3 is 1. The predicted octanol–water partition coefficient (Wildman–Crippen LogP) is 1.04. The van der Waals surface area contributed by atoms with Gasteiger partial charge in [0.2, 0.25) is 5.54 Å². The Bertz CT molecular complexity index is 316. The SMILES string of the molecule is COC(=O)[C@@](N)(CCOCCI)C(=O)OC(C)(C)C. The second-order valence-electron chi connectivity index (χ2n) is 5.02. The molecule has 0 saturated heterocycles. The van der Waals surface area contributed by atoms with E-state index in [1.54, 1.807) is 20.8 Å². The number of hydrogen-bond acceptors (Lipinski definition) is 6. The number of esters is 2. The van der Waals surface area contributed by atoms with E-state index in [9.17, 15) is 9.59 Å². The van der Waals surface area contributed by atoms with Crippen LogP contribution in [0.3, 0.4) is 0 Å². The zero-order valence-corrected chi connectivity index (χ0v) is 14.0. The first kappa shape index (κ1) is 18.6. The number of rotatable bonds is 7. The van der Waals surface area contributed by atoms with Crippen molar-refractivity contribution in [3.8, 4) is 0 Å². The first-order chi connectivity index (χ1) is 8.67. The fourth-order valence-electron chi connectivity index (χ4n) is 1.23. The van der Waals surface area contributed by atoms with Crippen molar-refractivity contribution in [3.05, 3.63) is 0 Å². The van der Waals surface area contributed by atoms with Crippen LogP contribution in [0, 0.1) is 0 Å². The summed E-state index contributed by atoms with van der Waals surface area (Å²) in [5, 5.41) is 0. The Kier molecular flexibility index (Phi) is 7.83. The number of alkyl halides is 1. The molecule has 0 radical (unpaired) electrons. The molecule has 0 heterocycles. The van der Waals surface area contributed by atoms with Gasteiger partial charge in [0.15, 0.2) is 0 Å². The molecule has 0 fully saturated rings. The fraction of sp³-hybridized carbons (Fsp3) is 0.833. The van der Waals surface area contributed by atoms with Gasteiger partial charge in [0.1, 0.15) is 5.60 Å². The first-order valence-electron chi connectivity index (χ1n) is 5.92. The highest BCUT2D eigenvalue weighted by Gasteiger charge is 2.46. The van der Waals surface area contributed by atoms with Crippen LogP contribution >= 0.6 is 22.6 Å². The van der Waals surface area contributed by atoms with Gasteiger partial charge in [-0.05, 0) is 20.8 Å². The van der Waals surface area contributed by atoms with E-state index in [1.807, 2.05) is 0 Å². The van der Waals surface area contributed by atoms with Crippen molar-refractivity contribution in [3.63, 3.8) is 0 Å². The monoisotopic (exact) mass is 387 g/mol. The largest absolute Gasteiger partial charge is 0.467 e. The highest BCUT2D eigenvalue weighted by atomic mass is 127. The van der Waals surface area contributed by atoms with Gasteiger partial charge in [-0.25, -0.2) is 9.59 Å². The summed E-state index contributed by atoms with van der Waals surface area (Å²) in [7, 11) is 1.18. The molecule has 0 rings (SSSR count). The molecule has 0 aromatic heterocycles. The molecule has 2 N–H and O–H groups in total. The third-order valence-corrected chi connectivity index (χ3v) is 2.62. The van der Waals surface area contributed by atoms with Gasteiger partial charge in [-0.2, -0.15) is 0 Å². The Morgan fingerprint density at radius 3 is 2.16 bits per heavy atom. The fourth-order valence-corrected chi connectivity index (χ4v) is 1.54. The third-order valence-electron chi connectivity index (χ3n) is 2.18. The third kappa shape index (κ3) is 6.53. The molecule has 1 atom stereocenters. The van der Waals surface area contributed by atoms with Crippen molar-refractivity contribution in [2.45, 2.75) is 38.3 Å². The van der Waals surface area contributed by atoms with Crippen LogP contribution in [0.25, 0.3) is 0 Å². The summed E-state index contributed by atoms with van der Waals surface area (Å²) >= 11 is 2.16. The smallest absolute Gasteiger partial charge is 0.338 e. The first-order valence-corrected chi connectivity index (χ1v) is 7.44. The molecule has 0 bridgehead atoms. The van der Waals surface area contributed by atoms with Crippen LogP contribution in [0.15, 0.2) is 0 Å². The van der Waals surface area contributed by atoms with E-state index in [1.165, 1.54) is 7.11 Å². The molecule has 0 aliphatic heterocycles. The van der Waals surface area contributed by atoms with E-state index in [-0.39, 0.29) is 13.0 Å². The molecular weight excluding hydrogens is 365 g/mol. The minimum Gasteiger partial charge on any atom is -0.467 e. The topological polar surface area (TPSA) is 87.9 Å². The van der Waals surface area contributed by atoms with Crippen molar-refractivity contribution in [1.29, 1.82) is 0 Å². The van der Waals surface area contributed by atoms with Gasteiger partial charge in [-0.1, -0.05) is 22.6 Å². The number of halogens is 1. The van der Waals surface area contributed by atoms with Gasteiger partial charge < -0.3 is 19.9 Å². The summed E-state index contributed by atoms with van der Waals surface area (Å²) in [5.74, 6) is -1.62. The Labute approximate surface area is 127 Å². The zero-order valence-electron chi connectivity index (χ0n) is 11.8. The zero-order chi connectivity index (χ0) is 15.1. The molecular formula is C12H22INO5. The lowest BCUT2D eigenvalue weighted by atomic mass is 9.97. The maximum Gasteiger partial charge on any atom is 0.338 e. The summed E-state index contributed by atoms with van der Waals surface area (Å²) in [4.78, 5) is 23.8. The van der Waals surface area contributed by atoms with E-state index in [0.29, 0.717) is 6.61 Å². The highest BCUT2D eigenvalue weighted by molar-refractivity contribution is 14.1. The minimum absolute atomic E-state index is 0.0191. The molecule has 7 heteroatoms. The van der Waals surface area contributed by atoms with Gasteiger partial charge in [0.05, 0.1) is 13.7 Å². The normalized spacial score (nSPS) is 14.6. The van der Waals surface area contributed by atoms with Gasteiger partial charge in [-0.3, -0.25) is 0 Å². The number of nitrogens with two attached hydrogens (primary N) is 1. The summed E-state index contributed by atoms with van der Waals surface area (Å²) in [5.41, 5.74) is 3.30. The Hall–Kier alpha value is -0.410. The van der Waals surface area contributed by atoms with E-state index in [4.69, 9.17) is 15.2 Å². The van der Waals surface area contributed by atoms with E-state index >= 15 is 0 Å². The van der Waals surface area contributed by atoms with Crippen molar-refractivity contribution in [2.75, 3.05) is 24.8 Å². The van der Waals surface area contributed by atoms with Crippen molar-refractivity contribution < 1.29 is 23.8 Å². The number of hydrogen-bond donors (Lipinski definition) is 1. The van der Waals surface area contributed by atoms with Crippen LogP contribution in [0.2, 0.25) is 0 Å². The minimum atomic E-state index is -1.83. The lowest BCUT2D eigenvalue weighted by Gasteiger charge is -2.29. The quantitative estimate of drug-likeness (QED) is 0.231. The van der Waals surface area contributed by atoms with Gasteiger partial charge in [-0.15, -0.1) is 0 Å². The van der Waals surface area contributed by atoms with Crippen LogP contribution in [0.1, 0.15) is 27.2 Å². The molecule has 0 aromatic carbocycles. The van der Waals surface area contributed by atoms with Gasteiger partial charge in [0, 0.05) is 17.5 Å². The van der Waals surface area contributed by atoms with E-state index in [2.05, 4.69) is 27.3 Å². The molecule has 0 spiro atoms. The standard InChI is InChI=1S/C12H22INO5/c1-11(2,3)19-10(16)12(14,9(15)17-4)5-7-18-8-6-13/h5-8,14H2,1-4H3/t12-/m0/s1. The maximum atomic E-state index is 12.0. The Morgan fingerprint density at radius 1 is 1.16 bits per heavy atom. The predicted molar refractivity (Wildman–Crippen MR) is 79.1 cm³/mol. The summed E-state index contributed by atoms with van der Waals surface area (Å²) in [6, 6.07) is 0.